The van der Waals surface area contributed by atoms with E-state index in [2.05, 4.69) is 15.0 Å². The molecule has 8 nitrogen and oxygen atoms in total. The highest BCUT2D eigenvalue weighted by Gasteiger charge is 2.19. The molecule has 2 rings (SSSR count). The molecule has 0 radical (unpaired) electrons. The molecule has 18 heavy (non-hydrogen) atoms. The molecule has 98 valence electrons. The van der Waals surface area contributed by atoms with Gasteiger partial charge in [-0.25, -0.2) is 9.59 Å². The first-order valence-corrected chi connectivity index (χ1v) is 5.43. The normalized spacial score (nSPS) is 18.6. The van der Waals surface area contributed by atoms with E-state index in [9.17, 15) is 9.59 Å². The number of carbonyl (C=O) groups is 1. The minimum absolute atomic E-state index is 0.133. The Morgan fingerprint density at radius 1 is 1.72 bits per heavy atom. The fourth-order valence-electron chi connectivity index (χ4n) is 1.46. The van der Waals surface area contributed by atoms with Crippen molar-refractivity contribution in [1.29, 1.82) is 0 Å². The van der Waals surface area contributed by atoms with Crippen LogP contribution < -0.4 is 11.0 Å². The molecule has 8 heteroatoms. The average Bonchev–Trinajstić information content (AvgIpc) is 2.82. The highest BCUT2D eigenvalue weighted by Crippen LogP contribution is 2.13. The summed E-state index contributed by atoms with van der Waals surface area (Å²) in [6, 6.07) is 1.49. The Labute approximate surface area is 102 Å². The summed E-state index contributed by atoms with van der Waals surface area (Å²) < 4.78 is 16.1. The van der Waals surface area contributed by atoms with Crippen molar-refractivity contribution >= 4 is 11.9 Å². The molecule has 1 aromatic rings. The number of hydrogen-bond acceptors (Lipinski definition) is 6. The Morgan fingerprint density at radius 2 is 2.56 bits per heavy atom. The van der Waals surface area contributed by atoms with Gasteiger partial charge in [0, 0.05) is 6.20 Å². The van der Waals surface area contributed by atoms with Crippen molar-refractivity contribution in [2.75, 3.05) is 25.3 Å². The Hall–Kier alpha value is -1.93. The van der Waals surface area contributed by atoms with Crippen molar-refractivity contribution < 1.29 is 19.0 Å². The molecule has 1 N–H and O–H groups in total. The SMILES string of the molecule is CCOC(=O)Nc1ccn(C2COCO2)c(=O)n1. The Bertz CT molecular complexity index is 481. The second kappa shape index (κ2) is 5.61. The monoisotopic (exact) mass is 255 g/mol. The highest BCUT2D eigenvalue weighted by atomic mass is 16.7. The van der Waals surface area contributed by atoms with Gasteiger partial charge in [-0.1, -0.05) is 0 Å². The molecule has 0 saturated carbocycles. The molecule has 0 spiro atoms. The molecule has 1 fully saturated rings. The molecule has 0 bridgehead atoms. The molecule has 0 aromatic carbocycles. The topological polar surface area (TPSA) is 91.7 Å². The number of amides is 1. The van der Waals surface area contributed by atoms with Gasteiger partial charge in [0.1, 0.15) is 12.6 Å². The third-order valence-corrected chi connectivity index (χ3v) is 2.25. The lowest BCUT2D eigenvalue weighted by Gasteiger charge is -2.11. The quantitative estimate of drug-likeness (QED) is 0.836. The van der Waals surface area contributed by atoms with Crippen LogP contribution in [-0.4, -0.2) is 35.7 Å². The van der Waals surface area contributed by atoms with Crippen LogP contribution in [0.2, 0.25) is 0 Å². The summed E-state index contributed by atoms with van der Waals surface area (Å²) in [5.74, 6) is 0.133. The molecular weight excluding hydrogens is 242 g/mol. The standard InChI is InChI=1S/C10H13N3O5/c1-2-17-10(15)12-7-3-4-13(9(14)11-7)8-5-16-6-18-8/h3-4,8H,2,5-6H2,1H3,(H,11,12,14,15). The number of hydrogen-bond donors (Lipinski definition) is 1. The summed E-state index contributed by atoms with van der Waals surface area (Å²) in [7, 11) is 0. The Morgan fingerprint density at radius 3 is 3.17 bits per heavy atom. The fourth-order valence-corrected chi connectivity index (χ4v) is 1.46. The first-order valence-electron chi connectivity index (χ1n) is 5.43. The van der Waals surface area contributed by atoms with Gasteiger partial charge in [0.15, 0.2) is 6.23 Å². The number of aromatic nitrogens is 2. The van der Waals surface area contributed by atoms with Crippen molar-refractivity contribution in [2.24, 2.45) is 0 Å². The summed E-state index contributed by atoms with van der Waals surface area (Å²) in [5.41, 5.74) is -0.528. The van der Waals surface area contributed by atoms with E-state index in [-0.39, 0.29) is 19.2 Å². The maximum absolute atomic E-state index is 11.7. The second-order valence-corrected chi connectivity index (χ2v) is 3.46. The zero-order chi connectivity index (χ0) is 13.0. The molecular formula is C10H13N3O5. The number of carbonyl (C=O) groups excluding carboxylic acids is 1. The smallest absolute Gasteiger partial charge is 0.412 e. The second-order valence-electron chi connectivity index (χ2n) is 3.46. The molecule has 2 heterocycles. The lowest BCUT2D eigenvalue weighted by Crippen LogP contribution is -2.29. The van der Waals surface area contributed by atoms with Gasteiger partial charge in [-0.05, 0) is 13.0 Å². The first kappa shape index (κ1) is 12.5. The maximum Gasteiger partial charge on any atom is 0.412 e. The largest absolute Gasteiger partial charge is 0.450 e. The summed E-state index contributed by atoms with van der Waals surface area (Å²) in [4.78, 5) is 26.5. The number of anilines is 1. The molecule has 1 aliphatic rings. The van der Waals surface area contributed by atoms with E-state index < -0.39 is 18.0 Å². The molecule has 1 unspecified atom stereocenters. The number of rotatable bonds is 3. The van der Waals surface area contributed by atoms with E-state index in [0.717, 1.165) is 0 Å². The minimum atomic E-state index is -0.650. The average molecular weight is 255 g/mol. The molecule has 1 saturated heterocycles. The van der Waals surface area contributed by atoms with Crippen LogP contribution in [0.15, 0.2) is 17.1 Å². The molecule has 0 aliphatic carbocycles. The van der Waals surface area contributed by atoms with Gasteiger partial charge in [0.2, 0.25) is 0 Å². The fraction of sp³-hybridized carbons (Fsp3) is 0.500. The molecule has 1 aromatic heterocycles. The van der Waals surface area contributed by atoms with E-state index in [1.807, 2.05) is 0 Å². The zero-order valence-corrected chi connectivity index (χ0v) is 9.79. The lowest BCUT2D eigenvalue weighted by molar-refractivity contribution is 0.0216. The van der Waals surface area contributed by atoms with Gasteiger partial charge in [0.25, 0.3) is 0 Å². The highest BCUT2D eigenvalue weighted by molar-refractivity contribution is 5.83. The van der Waals surface area contributed by atoms with Crippen molar-refractivity contribution in [3.05, 3.63) is 22.7 Å². The van der Waals surface area contributed by atoms with Crippen LogP contribution in [0.25, 0.3) is 0 Å². The Balaban J connectivity index is 2.09. The van der Waals surface area contributed by atoms with E-state index >= 15 is 0 Å². The van der Waals surface area contributed by atoms with Gasteiger partial charge in [-0.3, -0.25) is 9.88 Å². The predicted octanol–water partition coefficient (Wildman–Crippen LogP) is 0.315. The van der Waals surface area contributed by atoms with Crippen molar-refractivity contribution in [1.82, 2.24) is 9.55 Å². The van der Waals surface area contributed by atoms with Crippen LogP contribution in [0.3, 0.4) is 0 Å². The maximum atomic E-state index is 11.7. The van der Waals surface area contributed by atoms with Gasteiger partial charge in [-0.2, -0.15) is 4.98 Å². The number of nitrogens with one attached hydrogen (secondary N) is 1. The third-order valence-electron chi connectivity index (χ3n) is 2.25. The van der Waals surface area contributed by atoms with Gasteiger partial charge >= 0.3 is 11.8 Å². The van der Waals surface area contributed by atoms with E-state index in [1.165, 1.54) is 16.8 Å². The van der Waals surface area contributed by atoms with Gasteiger partial charge in [-0.15, -0.1) is 0 Å². The summed E-state index contributed by atoms with van der Waals surface area (Å²) >= 11 is 0. The van der Waals surface area contributed by atoms with Crippen molar-refractivity contribution in [3.63, 3.8) is 0 Å². The summed E-state index contributed by atoms with van der Waals surface area (Å²) in [5, 5.41) is 2.34. The van der Waals surface area contributed by atoms with Crippen LogP contribution >= 0.6 is 0 Å². The van der Waals surface area contributed by atoms with Crippen LogP contribution in [0.5, 0.6) is 0 Å². The van der Waals surface area contributed by atoms with Crippen LogP contribution in [0, 0.1) is 0 Å². The number of nitrogens with zero attached hydrogens (tertiary/aromatic N) is 2. The Kier molecular flexibility index (Phi) is 3.90. The summed E-state index contributed by atoms with van der Waals surface area (Å²) in [6.45, 7) is 2.38. The molecule has 1 amide bonds. The lowest BCUT2D eigenvalue weighted by atomic mass is 10.5. The van der Waals surface area contributed by atoms with Crippen LogP contribution in [0.4, 0.5) is 10.6 Å². The van der Waals surface area contributed by atoms with Crippen molar-refractivity contribution in [3.8, 4) is 0 Å². The zero-order valence-electron chi connectivity index (χ0n) is 9.79. The third kappa shape index (κ3) is 2.84. The first-order chi connectivity index (χ1) is 8.70. The van der Waals surface area contributed by atoms with Crippen molar-refractivity contribution in [2.45, 2.75) is 13.2 Å². The van der Waals surface area contributed by atoms with E-state index in [4.69, 9.17) is 9.47 Å². The molecule has 1 aliphatic heterocycles. The van der Waals surface area contributed by atoms with Gasteiger partial charge < -0.3 is 14.2 Å². The van der Waals surface area contributed by atoms with Gasteiger partial charge in [0.05, 0.1) is 13.2 Å². The number of ether oxygens (including phenoxy) is 3. The minimum Gasteiger partial charge on any atom is -0.450 e. The summed E-state index contributed by atoms with van der Waals surface area (Å²) in [6.07, 6.45) is 0.361. The van der Waals surface area contributed by atoms with E-state index in [0.29, 0.717) is 6.61 Å². The van der Waals surface area contributed by atoms with Crippen LogP contribution in [0.1, 0.15) is 13.2 Å². The predicted molar refractivity (Wildman–Crippen MR) is 60.1 cm³/mol. The van der Waals surface area contributed by atoms with Crippen LogP contribution in [-0.2, 0) is 14.2 Å². The molecule has 1 atom stereocenters. The van der Waals surface area contributed by atoms with E-state index in [1.54, 1.807) is 6.92 Å².